The van der Waals surface area contributed by atoms with Crippen LogP contribution in [-0.4, -0.2) is 22.3 Å². The topological polar surface area (TPSA) is 61.8 Å². The van der Waals surface area contributed by atoms with Gasteiger partial charge in [-0.3, -0.25) is 4.79 Å². The normalized spacial score (nSPS) is 15.5. The molecular weight excluding hydrogens is 433 g/mol. The van der Waals surface area contributed by atoms with Crippen LogP contribution in [0.15, 0.2) is 79.0 Å². The monoisotopic (exact) mass is 454 g/mol. The molecule has 1 heterocycles. The Balaban J connectivity index is 1.66. The molecule has 0 aromatic heterocycles. The number of hydrogen-bond donors (Lipinski definition) is 2. The highest BCUT2D eigenvalue weighted by Gasteiger charge is 2.31. The van der Waals surface area contributed by atoms with Crippen molar-refractivity contribution in [1.82, 2.24) is 4.90 Å². The van der Waals surface area contributed by atoms with Crippen LogP contribution in [0.25, 0.3) is 5.57 Å². The number of carbonyl (C=O) groups is 1. The number of rotatable bonds is 5. The van der Waals surface area contributed by atoms with Gasteiger partial charge in [0.25, 0.3) is 5.91 Å². The van der Waals surface area contributed by atoms with Gasteiger partial charge in [-0.05, 0) is 60.0 Å². The van der Waals surface area contributed by atoms with E-state index >= 15 is 0 Å². The third-order valence-electron chi connectivity index (χ3n) is 5.34. The Morgan fingerprint density at radius 2 is 1.82 bits per heavy atom. The maximum atomic E-state index is 13.1. The molecule has 8 heteroatoms. The third kappa shape index (κ3) is 5.28. The molecule has 1 atom stereocenters. The number of aromatic hydroxyl groups is 1. The van der Waals surface area contributed by atoms with Gasteiger partial charge in [-0.15, -0.1) is 13.2 Å². The average molecular weight is 454 g/mol. The average Bonchev–Trinajstić information content (AvgIpc) is 2.75. The second-order valence-corrected chi connectivity index (χ2v) is 7.68. The summed E-state index contributed by atoms with van der Waals surface area (Å²) < 4.78 is 41.8. The van der Waals surface area contributed by atoms with E-state index in [0.29, 0.717) is 22.4 Å². The summed E-state index contributed by atoms with van der Waals surface area (Å²) in [5, 5.41) is 12.9. The number of ether oxygens (including phenoxy) is 1. The quantitative estimate of drug-likeness (QED) is 0.508. The van der Waals surface area contributed by atoms with Crippen molar-refractivity contribution >= 4 is 17.2 Å². The van der Waals surface area contributed by atoms with E-state index in [1.807, 2.05) is 17.9 Å². The van der Waals surface area contributed by atoms with E-state index < -0.39 is 6.36 Å². The first-order valence-corrected chi connectivity index (χ1v) is 10.2. The highest BCUT2D eigenvalue weighted by atomic mass is 19.4. The molecule has 1 unspecified atom stereocenters. The van der Waals surface area contributed by atoms with Gasteiger partial charge in [0, 0.05) is 18.4 Å². The minimum atomic E-state index is -4.78. The van der Waals surface area contributed by atoms with Crippen LogP contribution in [0.1, 0.15) is 29.7 Å². The smallest absolute Gasteiger partial charge is 0.508 e. The van der Waals surface area contributed by atoms with E-state index in [1.165, 1.54) is 24.3 Å². The number of hydrogen-bond acceptors (Lipinski definition) is 4. The van der Waals surface area contributed by atoms with Crippen molar-refractivity contribution in [3.63, 3.8) is 0 Å². The number of amides is 1. The van der Waals surface area contributed by atoms with Gasteiger partial charge in [-0.25, -0.2) is 0 Å². The Labute approximate surface area is 188 Å². The number of nitrogens with one attached hydrogen (secondary N) is 1. The number of phenols is 1. The number of fused-ring (bicyclic) bond motifs is 1. The summed E-state index contributed by atoms with van der Waals surface area (Å²) in [4.78, 5) is 15.0. The lowest BCUT2D eigenvalue weighted by molar-refractivity contribution is -0.274. The first kappa shape index (κ1) is 22.3. The minimum absolute atomic E-state index is 0.0610. The summed E-state index contributed by atoms with van der Waals surface area (Å²) in [5.41, 5.74) is 3.00. The van der Waals surface area contributed by atoms with E-state index in [9.17, 15) is 23.1 Å². The fourth-order valence-electron chi connectivity index (χ4n) is 3.80. The summed E-state index contributed by atoms with van der Waals surface area (Å²) in [6.07, 6.45) is -3.09. The van der Waals surface area contributed by atoms with Crippen LogP contribution in [0.2, 0.25) is 0 Å². The van der Waals surface area contributed by atoms with Crippen molar-refractivity contribution in [3.05, 3.63) is 95.7 Å². The number of benzene rings is 3. The van der Waals surface area contributed by atoms with Gasteiger partial charge >= 0.3 is 6.36 Å². The summed E-state index contributed by atoms with van der Waals surface area (Å²) >= 11 is 0. The molecule has 33 heavy (non-hydrogen) atoms. The number of halogens is 3. The van der Waals surface area contributed by atoms with Crippen LogP contribution in [-0.2, 0) is 11.3 Å². The molecule has 0 radical (unpaired) electrons. The maximum absolute atomic E-state index is 13.1. The van der Waals surface area contributed by atoms with Crippen molar-refractivity contribution in [1.29, 1.82) is 0 Å². The number of anilines is 1. The molecular formula is C25H21F3N2O3. The van der Waals surface area contributed by atoms with Crippen molar-refractivity contribution in [2.24, 2.45) is 0 Å². The van der Waals surface area contributed by atoms with Crippen LogP contribution in [0, 0.1) is 0 Å². The molecule has 0 fully saturated rings. The standard InChI is InChI=1S/C25H21F3N2O3/c1-16-22-13-19(31)10-11-21(22)23(24(32)29-18-7-3-2-4-8-18)15-30(16)14-17-6-5-9-20(12-17)33-25(26,27)28/h2-13,15-16,31H,14H2,1H3,(H,29,32). The lowest BCUT2D eigenvalue weighted by Gasteiger charge is -2.35. The molecule has 1 aliphatic heterocycles. The second-order valence-electron chi connectivity index (χ2n) is 7.68. The van der Waals surface area contributed by atoms with Gasteiger partial charge < -0.3 is 20.1 Å². The number of phenolic OH excluding ortho intramolecular Hbond substituents is 1. The minimum Gasteiger partial charge on any atom is -0.508 e. The van der Waals surface area contributed by atoms with Crippen molar-refractivity contribution in [2.75, 3.05) is 5.32 Å². The molecule has 0 bridgehead atoms. The van der Waals surface area contributed by atoms with Crippen LogP contribution in [0.3, 0.4) is 0 Å². The number of carbonyl (C=O) groups excluding carboxylic acids is 1. The molecule has 5 nitrogen and oxygen atoms in total. The Bertz CT molecular complexity index is 1190. The first-order chi connectivity index (χ1) is 15.7. The Hall–Kier alpha value is -3.94. The highest BCUT2D eigenvalue weighted by molar-refractivity contribution is 6.25. The molecule has 1 aliphatic rings. The lowest BCUT2D eigenvalue weighted by atomic mass is 9.90. The number of nitrogens with zero attached hydrogens (tertiary/aromatic N) is 1. The zero-order valence-electron chi connectivity index (χ0n) is 17.6. The van der Waals surface area contributed by atoms with Gasteiger partial charge in [0.1, 0.15) is 11.5 Å². The first-order valence-electron chi connectivity index (χ1n) is 10.2. The fraction of sp³-hybridized carbons (Fsp3) is 0.160. The predicted molar refractivity (Wildman–Crippen MR) is 118 cm³/mol. The third-order valence-corrected chi connectivity index (χ3v) is 5.34. The molecule has 170 valence electrons. The zero-order chi connectivity index (χ0) is 23.6. The fourth-order valence-corrected chi connectivity index (χ4v) is 3.80. The molecule has 0 aliphatic carbocycles. The van der Waals surface area contributed by atoms with Gasteiger partial charge in [0.05, 0.1) is 11.6 Å². The molecule has 4 rings (SSSR count). The molecule has 3 aromatic carbocycles. The van der Waals surface area contributed by atoms with Gasteiger partial charge in [0.15, 0.2) is 0 Å². The number of alkyl halides is 3. The summed E-state index contributed by atoms with van der Waals surface area (Å²) in [6.45, 7) is 2.13. The molecule has 0 spiro atoms. The van der Waals surface area contributed by atoms with E-state index in [-0.39, 0.29) is 30.0 Å². The van der Waals surface area contributed by atoms with E-state index in [4.69, 9.17) is 0 Å². The van der Waals surface area contributed by atoms with Crippen LogP contribution >= 0.6 is 0 Å². The largest absolute Gasteiger partial charge is 0.573 e. The Kier molecular flexibility index (Phi) is 6.00. The summed E-state index contributed by atoms with van der Waals surface area (Å²) in [6, 6.07) is 19.3. The lowest BCUT2D eigenvalue weighted by Crippen LogP contribution is -2.29. The van der Waals surface area contributed by atoms with Crippen molar-refractivity contribution < 1.29 is 27.8 Å². The van der Waals surface area contributed by atoms with E-state index in [0.717, 1.165) is 5.56 Å². The zero-order valence-corrected chi connectivity index (χ0v) is 17.6. The second kappa shape index (κ2) is 8.90. The van der Waals surface area contributed by atoms with Crippen LogP contribution in [0.4, 0.5) is 18.9 Å². The summed E-state index contributed by atoms with van der Waals surface area (Å²) in [5.74, 6) is -0.584. The molecule has 2 N–H and O–H groups in total. The van der Waals surface area contributed by atoms with Gasteiger partial charge in [-0.2, -0.15) is 0 Å². The Morgan fingerprint density at radius 3 is 2.55 bits per heavy atom. The SMILES string of the molecule is CC1c2cc(O)ccc2C(C(=O)Nc2ccccc2)=CN1Cc1cccc(OC(F)(F)F)c1. The van der Waals surface area contributed by atoms with Crippen molar-refractivity contribution in [2.45, 2.75) is 25.9 Å². The molecule has 3 aromatic rings. The van der Waals surface area contributed by atoms with Crippen LogP contribution in [0.5, 0.6) is 11.5 Å². The molecule has 0 saturated heterocycles. The highest BCUT2D eigenvalue weighted by Crippen LogP contribution is 2.38. The predicted octanol–water partition coefficient (Wildman–Crippen LogP) is 5.85. The van der Waals surface area contributed by atoms with Crippen molar-refractivity contribution in [3.8, 4) is 11.5 Å². The Morgan fingerprint density at radius 1 is 1.06 bits per heavy atom. The molecule has 0 saturated carbocycles. The van der Waals surface area contributed by atoms with Gasteiger partial charge in [0.2, 0.25) is 0 Å². The van der Waals surface area contributed by atoms with Gasteiger partial charge in [-0.1, -0.05) is 36.4 Å². The summed E-state index contributed by atoms with van der Waals surface area (Å²) in [7, 11) is 0. The maximum Gasteiger partial charge on any atom is 0.573 e. The molecule has 1 amide bonds. The van der Waals surface area contributed by atoms with Crippen LogP contribution < -0.4 is 10.1 Å². The van der Waals surface area contributed by atoms with E-state index in [2.05, 4.69) is 10.1 Å². The number of para-hydroxylation sites is 1. The van der Waals surface area contributed by atoms with E-state index in [1.54, 1.807) is 48.7 Å².